The third-order valence-corrected chi connectivity index (χ3v) is 1.40. The Morgan fingerprint density at radius 3 is 2.60 bits per heavy atom. The zero-order chi connectivity index (χ0) is 7.82. The normalized spacial score (nSPS) is 13.1. The van der Waals surface area contributed by atoms with Crippen LogP contribution in [0.25, 0.3) is 0 Å². The van der Waals surface area contributed by atoms with Gasteiger partial charge in [0.2, 0.25) is 0 Å². The number of ether oxygens (including phenoxy) is 1. The molecule has 0 spiro atoms. The fourth-order valence-corrected chi connectivity index (χ4v) is 0.812. The Kier molecular flexibility index (Phi) is 7.09. The number of hydrogen-bond acceptors (Lipinski definition) is 2. The van der Waals surface area contributed by atoms with Gasteiger partial charge in [0.15, 0.2) is 7.28 Å². The Bertz CT molecular complexity index is 70.6. The highest BCUT2D eigenvalue weighted by atomic mass is 16.5. The van der Waals surface area contributed by atoms with Crippen LogP contribution in [0, 0.1) is 0 Å². The molecule has 0 aromatic heterocycles. The zero-order valence-corrected chi connectivity index (χ0v) is 7.18. The molecule has 0 aromatic carbocycles. The smallest absolute Gasteiger partial charge is 0.150 e. The molecular weight excluding hydrogens is 125 g/mol. The summed E-state index contributed by atoms with van der Waals surface area (Å²) < 4.78 is 5.17. The minimum absolute atomic E-state index is 0.282. The van der Waals surface area contributed by atoms with Crippen LogP contribution < -0.4 is 5.32 Å². The van der Waals surface area contributed by atoms with E-state index in [2.05, 4.69) is 26.4 Å². The summed E-state index contributed by atoms with van der Waals surface area (Å²) in [5, 5.41) is 3.23. The fraction of sp³-hybridized carbons (Fsp3) is 1.00. The van der Waals surface area contributed by atoms with Gasteiger partial charge in [-0.1, -0.05) is 20.2 Å². The van der Waals surface area contributed by atoms with Gasteiger partial charge in [-0.15, -0.1) is 0 Å². The van der Waals surface area contributed by atoms with Crippen LogP contribution in [0.5, 0.6) is 0 Å². The van der Waals surface area contributed by atoms with E-state index in [9.17, 15) is 0 Å². The third kappa shape index (κ3) is 4.83. The summed E-state index contributed by atoms with van der Waals surface area (Å²) in [4.78, 5) is 0. The molecule has 1 N–H and O–H groups in total. The van der Waals surface area contributed by atoms with E-state index in [-0.39, 0.29) is 6.00 Å². The number of rotatable bonds is 6. The highest BCUT2D eigenvalue weighted by Gasteiger charge is 2.04. The van der Waals surface area contributed by atoms with Gasteiger partial charge in [0, 0.05) is 19.7 Å². The van der Waals surface area contributed by atoms with Crippen molar-refractivity contribution in [3.05, 3.63) is 0 Å². The Morgan fingerprint density at radius 1 is 1.50 bits per heavy atom. The average Bonchev–Trinajstić information content (AvgIpc) is 1.98. The first-order valence-electron chi connectivity index (χ1n) is 3.92. The predicted octanol–water partition coefficient (Wildman–Crippen LogP) is 0.711. The third-order valence-electron chi connectivity index (χ3n) is 1.40. The second-order valence-corrected chi connectivity index (χ2v) is 2.23. The van der Waals surface area contributed by atoms with Crippen molar-refractivity contribution in [1.29, 1.82) is 0 Å². The summed E-state index contributed by atoms with van der Waals surface area (Å²) in [6.07, 6.45) is 1.07. The van der Waals surface area contributed by atoms with Crippen LogP contribution in [0.15, 0.2) is 0 Å². The largest absolute Gasteiger partial charge is 0.389 e. The van der Waals surface area contributed by atoms with Gasteiger partial charge >= 0.3 is 0 Å². The van der Waals surface area contributed by atoms with Crippen LogP contribution in [0.3, 0.4) is 0 Å². The van der Waals surface area contributed by atoms with E-state index in [1.807, 2.05) is 0 Å². The molecule has 1 atom stereocenters. The summed E-state index contributed by atoms with van der Waals surface area (Å²) in [6.45, 7) is 6.16. The van der Waals surface area contributed by atoms with E-state index in [0.29, 0.717) is 0 Å². The molecule has 0 amide bonds. The Labute approximate surface area is 64.6 Å². The molecule has 0 unspecified atom stereocenters. The standard InChI is InChI=1S/C7H17BNO/c1-4-8-7(10-3)6-9-5-2/h7,9H,4-6H2,1-3H3/t7-/m0/s1. The lowest BCUT2D eigenvalue weighted by Gasteiger charge is -2.12. The minimum Gasteiger partial charge on any atom is -0.389 e. The topological polar surface area (TPSA) is 21.3 Å². The van der Waals surface area contributed by atoms with E-state index < -0.39 is 0 Å². The average molecular weight is 142 g/mol. The van der Waals surface area contributed by atoms with E-state index in [0.717, 1.165) is 19.4 Å². The lowest BCUT2D eigenvalue weighted by Crippen LogP contribution is -2.32. The molecule has 2 nitrogen and oxygen atoms in total. The molecule has 0 aromatic rings. The van der Waals surface area contributed by atoms with Gasteiger partial charge in [-0.3, -0.25) is 0 Å². The summed E-state index contributed by atoms with van der Waals surface area (Å²) >= 11 is 0. The molecule has 0 bridgehead atoms. The van der Waals surface area contributed by atoms with Crippen LogP contribution in [0.4, 0.5) is 0 Å². The second-order valence-electron chi connectivity index (χ2n) is 2.23. The lowest BCUT2D eigenvalue weighted by atomic mass is 9.69. The molecule has 0 saturated carbocycles. The summed E-state index contributed by atoms with van der Waals surface area (Å²) in [5.74, 6) is 0. The maximum absolute atomic E-state index is 5.17. The molecule has 0 heterocycles. The van der Waals surface area contributed by atoms with E-state index >= 15 is 0 Å². The molecule has 0 aliphatic heterocycles. The molecule has 0 aliphatic carbocycles. The Morgan fingerprint density at radius 2 is 2.20 bits per heavy atom. The van der Waals surface area contributed by atoms with E-state index in [4.69, 9.17) is 4.74 Å². The number of methoxy groups -OCH3 is 1. The first kappa shape index (κ1) is 9.98. The maximum atomic E-state index is 5.17. The summed E-state index contributed by atoms with van der Waals surface area (Å²) in [7, 11) is 3.91. The van der Waals surface area contributed by atoms with Gasteiger partial charge < -0.3 is 10.1 Å². The number of likely N-dealkylation sites (N-methyl/N-ethyl adjacent to an activating group) is 1. The van der Waals surface area contributed by atoms with Gasteiger partial charge in [-0.2, -0.15) is 0 Å². The van der Waals surface area contributed by atoms with Crippen molar-refractivity contribution in [2.24, 2.45) is 0 Å². The van der Waals surface area contributed by atoms with Gasteiger partial charge in [0.1, 0.15) is 0 Å². The van der Waals surface area contributed by atoms with Crippen LogP contribution in [-0.4, -0.2) is 33.5 Å². The SMILES string of the molecule is CC[B][C@H](CNCC)OC. The molecule has 59 valence electrons. The summed E-state index contributed by atoms with van der Waals surface area (Å²) in [6, 6.07) is 0.282. The quantitative estimate of drug-likeness (QED) is 0.551. The number of hydrogen-bond donors (Lipinski definition) is 1. The predicted molar refractivity (Wildman–Crippen MR) is 45.6 cm³/mol. The minimum atomic E-state index is 0.282. The highest BCUT2D eigenvalue weighted by Crippen LogP contribution is 1.88. The van der Waals surface area contributed by atoms with Crippen molar-refractivity contribution in [3.63, 3.8) is 0 Å². The van der Waals surface area contributed by atoms with E-state index in [1.165, 1.54) is 0 Å². The molecule has 0 fully saturated rings. The van der Waals surface area contributed by atoms with Crippen LogP contribution in [0.1, 0.15) is 13.8 Å². The van der Waals surface area contributed by atoms with Crippen molar-refractivity contribution in [3.8, 4) is 0 Å². The van der Waals surface area contributed by atoms with E-state index in [1.54, 1.807) is 7.11 Å². The van der Waals surface area contributed by atoms with Crippen molar-refractivity contribution < 1.29 is 4.74 Å². The van der Waals surface area contributed by atoms with Crippen molar-refractivity contribution in [1.82, 2.24) is 5.32 Å². The second kappa shape index (κ2) is 7.10. The Balaban J connectivity index is 3.21. The van der Waals surface area contributed by atoms with Crippen molar-refractivity contribution in [2.45, 2.75) is 26.2 Å². The molecule has 0 rings (SSSR count). The molecule has 1 radical (unpaired) electrons. The zero-order valence-electron chi connectivity index (χ0n) is 7.18. The monoisotopic (exact) mass is 142 g/mol. The molecular formula is C7H17BNO. The fourth-order valence-electron chi connectivity index (χ4n) is 0.812. The Hall–Kier alpha value is -0.0151. The van der Waals surface area contributed by atoms with Gasteiger partial charge in [-0.25, -0.2) is 0 Å². The summed E-state index contributed by atoms with van der Waals surface area (Å²) in [5.41, 5.74) is 0. The first-order chi connectivity index (χ1) is 4.85. The molecule has 0 aliphatic rings. The molecule has 10 heavy (non-hydrogen) atoms. The molecule has 3 heteroatoms. The molecule has 0 saturated heterocycles. The van der Waals surface area contributed by atoms with Gasteiger partial charge in [0.25, 0.3) is 0 Å². The van der Waals surface area contributed by atoms with Gasteiger partial charge in [-0.05, 0) is 6.54 Å². The lowest BCUT2D eigenvalue weighted by molar-refractivity contribution is 0.162. The van der Waals surface area contributed by atoms with Gasteiger partial charge in [0.05, 0.1) is 0 Å². The number of nitrogens with one attached hydrogen (secondary N) is 1. The van der Waals surface area contributed by atoms with Crippen LogP contribution in [0.2, 0.25) is 6.32 Å². The first-order valence-corrected chi connectivity index (χ1v) is 3.92. The van der Waals surface area contributed by atoms with Crippen LogP contribution in [-0.2, 0) is 4.74 Å². The maximum Gasteiger partial charge on any atom is 0.150 e. The van der Waals surface area contributed by atoms with Crippen LogP contribution >= 0.6 is 0 Å². The van der Waals surface area contributed by atoms with Crippen molar-refractivity contribution >= 4 is 7.28 Å². The van der Waals surface area contributed by atoms with Crippen molar-refractivity contribution in [2.75, 3.05) is 20.2 Å². The highest BCUT2D eigenvalue weighted by molar-refractivity contribution is 6.37.